The second-order valence-electron chi connectivity index (χ2n) is 10.0. The van der Waals surface area contributed by atoms with E-state index in [9.17, 15) is 9.59 Å². The number of piperazine rings is 1. The van der Waals surface area contributed by atoms with Gasteiger partial charge in [0.1, 0.15) is 5.75 Å². The van der Waals surface area contributed by atoms with E-state index in [-0.39, 0.29) is 17.2 Å². The molecule has 8 nitrogen and oxygen atoms in total. The monoisotopic (exact) mass is 506 g/mol. The summed E-state index contributed by atoms with van der Waals surface area (Å²) in [5, 5.41) is 0.664. The molecule has 9 heteroatoms. The maximum absolute atomic E-state index is 13.2. The fourth-order valence-corrected chi connectivity index (χ4v) is 5.30. The molecule has 3 aliphatic rings. The minimum atomic E-state index is -0.293. The molecule has 3 saturated heterocycles. The summed E-state index contributed by atoms with van der Waals surface area (Å²) < 4.78 is 11.6. The van der Waals surface area contributed by atoms with Crippen LogP contribution in [0.3, 0.4) is 0 Å². The first-order valence-electron chi connectivity index (χ1n) is 12.9. The van der Waals surface area contributed by atoms with Gasteiger partial charge in [-0.2, -0.15) is 0 Å². The van der Waals surface area contributed by atoms with Gasteiger partial charge in [-0.05, 0) is 43.7 Å². The second kappa shape index (κ2) is 12.4. The largest absolute Gasteiger partial charge is 0.493 e. The summed E-state index contributed by atoms with van der Waals surface area (Å²) in [4.78, 5) is 34.8. The lowest BCUT2D eigenvalue weighted by Gasteiger charge is -2.43. The Hall–Kier alpha value is -1.87. The molecular weight excluding hydrogens is 468 g/mol. The Morgan fingerprint density at radius 1 is 0.886 bits per heavy atom. The second-order valence-corrected chi connectivity index (χ2v) is 10.4. The van der Waals surface area contributed by atoms with Crippen molar-refractivity contribution in [2.24, 2.45) is 5.41 Å². The number of rotatable bonds is 8. The predicted octanol–water partition coefficient (Wildman–Crippen LogP) is 2.21. The van der Waals surface area contributed by atoms with Crippen LogP contribution in [0, 0.1) is 5.41 Å². The number of halogens is 1. The fraction of sp³-hybridized carbons (Fsp3) is 0.692. The van der Waals surface area contributed by atoms with E-state index >= 15 is 0 Å². The van der Waals surface area contributed by atoms with Crippen molar-refractivity contribution < 1.29 is 19.1 Å². The smallest absolute Gasteiger partial charge is 0.236 e. The number of hydrogen-bond donors (Lipinski definition) is 0. The highest BCUT2D eigenvalue weighted by Crippen LogP contribution is 2.37. The number of likely N-dealkylation sites (N-methyl/N-ethyl adjacent to an activating group) is 1. The Kier molecular flexibility index (Phi) is 9.27. The van der Waals surface area contributed by atoms with Crippen LogP contribution in [0.25, 0.3) is 0 Å². The number of carbonyl (C=O) groups excluding carboxylic acids is 2. The van der Waals surface area contributed by atoms with Crippen LogP contribution >= 0.6 is 11.6 Å². The molecular formula is C26H39ClN4O4. The molecule has 0 spiro atoms. The minimum absolute atomic E-state index is 0.154. The highest BCUT2D eigenvalue weighted by atomic mass is 35.5. The number of carbonyl (C=O) groups is 2. The molecule has 35 heavy (non-hydrogen) atoms. The SMILES string of the molecule is CCN1CCN(CC(=O)N2CCC(COc3ccc(Cl)cc3)(CC(=O)N3CCOCC3)CC2)CC1. The van der Waals surface area contributed by atoms with Crippen molar-refractivity contribution in [3.8, 4) is 5.75 Å². The van der Waals surface area contributed by atoms with Crippen molar-refractivity contribution in [1.82, 2.24) is 19.6 Å². The van der Waals surface area contributed by atoms with Crippen molar-refractivity contribution in [1.29, 1.82) is 0 Å². The zero-order chi connectivity index (χ0) is 24.7. The van der Waals surface area contributed by atoms with Crippen molar-refractivity contribution in [3.05, 3.63) is 29.3 Å². The molecule has 0 saturated carbocycles. The summed E-state index contributed by atoms with van der Waals surface area (Å²) >= 11 is 6.01. The van der Waals surface area contributed by atoms with Gasteiger partial charge in [0.2, 0.25) is 11.8 Å². The molecule has 4 rings (SSSR count). The number of hydrogen-bond acceptors (Lipinski definition) is 6. The van der Waals surface area contributed by atoms with E-state index in [1.807, 2.05) is 34.1 Å². The van der Waals surface area contributed by atoms with E-state index in [2.05, 4.69) is 16.7 Å². The van der Waals surface area contributed by atoms with E-state index in [1.54, 1.807) is 0 Å². The molecule has 1 aromatic carbocycles. The standard InChI is InChI=1S/C26H39ClN4O4/c1-2-28-11-13-29(14-12-28)20-25(33)30-9-7-26(8-10-30,19-24(32)31-15-17-34-18-16-31)21-35-23-5-3-22(27)4-6-23/h3-6H,2,7-21H2,1H3. The van der Waals surface area contributed by atoms with Crippen molar-refractivity contribution in [2.75, 3.05) is 85.3 Å². The molecule has 0 bridgehead atoms. The third-order valence-corrected chi connectivity index (χ3v) is 7.95. The van der Waals surface area contributed by atoms with Crippen molar-refractivity contribution >= 4 is 23.4 Å². The highest BCUT2D eigenvalue weighted by Gasteiger charge is 2.40. The Labute approximate surface area is 214 Å². The lowest BCUT2D eigenvalue weighted by Crippen LogP contribution is -2.53. The third kappa shape index (κ3) is 7.32. The molecule has 3 fully saturated rings. The van der Waals surface area contributed by atoms with Gasteiger partial charge in [-0.1, -0.05) is 18.5 Å². The molecule has 2 amide bonds. The maximum Gasteiger partial charge on any atom is 0.236 e. The quantitative estimate of drug-likeness (QED) is 0.538. The normalized spacial score (nSPS) is 21.7. The van der Waals surface area contributed by atoms with Gasteiger partial charge in [-0.15, -0.1) is 0 Å². The zero-order valence-corrected chi connectivity index (χ0v) is 21.7. The Morgan fingerprint density at radius 2 is 1.49 bits per heavy atom. The van der Waals surface area contributed by atoms with Gasteiger partial charge in [-0.25, -0.2) is 0 Å². The number of likely N-dealkylation sites (tertiary alicyclic amines) is 1. The van der Waals surface area contributed by atoms with Crippen LogP contribution in [0.5, 0.6) is 5.75 Å². The van der Waals surface area contributed by atoms with Crippen LogP contribution in [-0.4, -0.2) is 117 Å². The highest BCUT2D eigenvalue weighted by molar-refractivity contribution is 6.30. The first kappa shape index (κ1) is 26.2. The number of ether oxygens (including phenoxy) is 2. The molecule has 194 valence electrons. The Morgan fingerprint density at radius 3 is 2.11 bits per heavy atom. The first-order chi connectivity index (χ1) is 17.0. The molecule has 3 heterocycles. The van der Waals surface area contributed by atoms with Crippen LogP contribution in [0.15, 0.2) is 24.3 Å². The molecule has 1 aromatic rings. The number of piperidine rings is 1. The summed E-state index contributed by atoms with van der Waals surface area (Å²) in [5.41, 5.74) is -0.293. The van der Waals surface area contributed by atoms with Crippen LogP contribution in [-0.2, 0) is 14.3 Å². The van der Waals surface area contributed by atoms with Crippen molar-refractivity contribution in [3.63, 3.8) is 0 Å². The Balaban J connectivity index is 1.35. The van der Waals surface area contributed by atoms with Gasteiger partial charge in [0, 0.05) is 69.2 Å². The molecule has 0 aliphatic carbocycles. The molecule has 0 aromatic heterocycles. The van der Waals surface area contributed by atoms with Gasteiger partial charge in [0.05, 0.1) is 26.4 Å². The van der Waals surface area contributed by atoms with Crippen LogP contribution in [0.2, 0.25) is 5.02 Å². The first-order valence-corrected chi connectivity index (χ1v) is 13.3. The molecule has 0 N–H and O–H groups in total. The van der Waals surface area contributed by atoms with E-state index in [1.165, 1.54) is 0 Å². The van der Waals surface area contributed by atoms with Gasteiger partial charge >= 0.3 is 0 Å². The summed E-state index contributed by atoms with van der Waals surface area (Å²) in [6.07, 6.45) is 1.94. The molecule has 0 atom stereocenters. The summed E-state index contributed by atoms with van der Waals surface area (Å²) in [6, 6.07) is 7.33. The van der Waals surface area contributed by atoms with E-state index in [0.29, 0.717) is 64.0 Å². The van der Waals surface area contributed by atoms with Gasteiger partial charge in [0.25, 0.3) is 0 Å². The summed E-state index contributed by atoms with van der Waals surface area (Å²) in [7, 11) is 0. The maximum atomic E-state index is 13.2. The number of nitrogens with zero attached hydrogens (tertiary/aromatic N) is 4. The van der Waals surface area contributed by atoms with Gasteiger partial charge in [-0.3, -0.25) is 14.5 Å². The van der Waals surface area contributed by atoms with Crippen LogP contribution in [0.1, 0.15) is 26.2 Å². The Bertz CT molecular complexity index is 830. The molecule has 3 aliphatic heterocycles. The average Bonchev–Trinajstić information content (AvgIpc) is 2.90. The number of benzene rings is 1. The lowest BCUT2D eigenvalue weighted by atomic mass is 9.75. The number of morpholine rings is 1. The third-order valence-electron chi connectivity index (χ3n) is 7.70. The van der Waals surface area contributed by atoms with Gasteiger partial charge < -0.3 is 24.2 Å². The van der Waals surface area contributed by atoms with Crippen LogP contribution < -0.4 is 4.74 Å². The number of amides is 2. The molecule has 0 unspecified atom stereocenters. The van der Waals surface area contributed by atoms with E-state index < -0.39 is 0 Å². The fourth-order valence-electron chi connectivity index (χ4n) is 5.17. The summed E-state index contributed by atoms with van der Waals surface area (Å²) in [6.45, 7) is 11.9. The minimum Gasteiger partial charge on any atom is -0.493 e. The topological polar surface area (TPSA) is 65.6 Å². The zero-order valence-electron chi connectivity index (χ0n) is 20.9. The van der Waals surface area contributed by atoms with Crippen molar-refractivity contribution in [2.45, 2.75) is 26.2 Å². The lowest BCUT2D eigenvalue weighted by molar-refractivity contribution is -0.141. The molecule has 0 radical (unpaired) electrons. The van der Waals surface area contributed by atoms with Crippen LogP contribution in [0.4, 0.5) is 0 Å². The van der Waals surface area contributed by atoms with E-state index in [4.69, 9.17) is 21.1 Å². The predicted molar refractivity (Wildman–Crippen MR) is 136 cm³/mol. The van der Waals surface area contributed by atoms with Gasteiger partial charge in [0.15, 0.2) is 0 Å². The summed E-state index contributed by atoms with van der Waals surface area (Å²) in [5.74, 6) is 1.10. The van der Waals surface area contributed by atoms with E-state index in [0.717, 1.165) is 51.3 Å². The average molecular weight is 507 g/mol.